The molecule has 21 heavy (non-hydrogen) atoms. The molecule has 0 aliphatic carbocycles. The summed E-state index contributed by atoms with van der Waals surface area (Å²) in [7, 11) is 0. The summed E-state index contributed by atoms with van der Waals surface area (Å²) < 4.78 is 0. The molecule has 2 aromatic rings. The molecule has 3 rings (SSSR count). The van der Waals surface area contributed by atoms with Crippen LogP contribution in [0.2, 0.25) is 0 Å². The highest BCUT2D eigenvalue weighted by molar-refractivity contribution is 6.07. The van der Waals surface area contributed by atoms with E-state index in [-0.39, 0.29) is 5.91 Å². The smallest absolute Gasteiger partial charge is 0.255 e. The van der Waals surface area contributed by atoms with Gasteiger partial charge in [0.05, 0.1) is 0 Å². The second-order valence-electron chi connectivity index (χ2n) is 5.39. The number of rotatable bonds is 4. The van der Waals surface area contributed by atoms with E-state index in [1.807, 2.05) is 55.5 Å². The number of carbonyl (C=O) groups excluding carboxylic acids is 1. The van der Waals surface area contributed by atoms with Crippen molar-refractivity contribution in [2.45, 2.75) is 18.9 Å². The van der Waals surface area contributed by atoms with E-state index in [0.29, 0.717) is 6.42 Å². The fourth-order valence-corrected chi connectivity index (χ4v) is 2.79. The van der Waals surface area contributed by atoms with E-state index < -0.39 is 5.54 Å². The summed E-state index contributed by atoms with van der Waals surface area (Å²) in [6.07, 6.45) is 2.31. The Kier molecular flexibility index (Phi) is 3.26. The van der Waals surface area contributed by atoms with Gasteiger partial charge in [0.2, 0.25) is 0 Å². The second kappa shape index (κ2) is 5.09. The largest absolute Gasteiger partial charge is 0.367 e. The number of fused-ring (bicyclic) bond motifs is 1. The maximum absolute atomic E-state index is 12.6. The first-order valence-electron chi connectivity index (χ1n) is 7.02. The highest BCUT2D eigenvalue weighted by Gasteiger charge is 2.45. The average molecular weight is 278 g/mol. The second-order valence-corrected chi connectivity index (χ2v) is 5.39. The van der Waals surface area contributed by atoms with Crippen molar-refractivity contribution in [3.05, 3.63) is 72.3 Å². The maximum Gasteiger partial charge on any atom is 0.255 e. The highest BCUT2D eigenvalue weighted by Crippen LogP contribution is 2.41. The van der Waals surface area contributed by atoms with Crippen LogP contribution in [0, 0.1) is 6.92 Å². The molecule has 1 amide bonds. The van der Waals surface area contributed by atoms with Crippen molar-refractivity contribution in [1.29, 1.82) is 0 Å². The summed E-state index contributed by atoms with van der Waals surface area (Å²) in [5.41, 5.74) is 3.16. The fraction of sp³-hybridized carbons (Fsp3) is 0.167. The summed E-state index contributed by atoms with van der Waals surface area (Å²) in [5, 5.41) is 6.36. The number of hydrogen-bond acceptors (Lipinski definition) is 2. The van der Waals surface area contributed by atoms with Crippen molar-refractivity contribution >= 4 is 17.3 Å². The van der Waals surface area contributed by atoms with Gasteiger partial charge in [0.1, 0.15) is 5.54 Å². The van der Waals surface area contributed by atoms with E-state index in [9.17, 15) is 4.79 Å². The monoisotopic (exact) mass is 278 g/mol. The predicted molar refractivity (Wildman–Crippen MR) is 86.4 cm³/mol. The van der Waals surface area contributed by atoms with Crippen LogP contribution in [0.1, 0.15) is 17.5 Å². The summed E-state index contributed by atoms with van der Waals surface area (Å²) in [6.45, 7) is 5.85. The van der Waals surface area contributed by atoms with Gasteiger partial charge < -0.3 is 10.6 Å². The van der Waals surface area contributed by atoms with E-state index in [0.717, 1.165) is 16.9 Å². The van der Waals surface area contributed by atoms with Gasteiger partial charge >= 0.3 is 0 Å². The minimum atomic E-state index is -0.784. The van der Waals surface area contributed by atoms with Crippen molar-refractivity contribution in [1.82, 2.24) is 0 Å². The van der Waals surface area contributed by atoms with E-state index in [1.54, 1.807) is 6.08 Å². The third kappa shape index (κ3) is 2.21. The molecule has 106 valence electrons. The number of para-hydroxylation sites is 1. The summed E-state index contributed by atoms with van der Waals surface area (Å²) in [5.74, 6) is -0.0378. The zero-order valence-corrected chi connectivity index (χ0v) is 12.0. The lowest BCUT2D eigenvalue weighted by atomic mass is 9.87. The molecule has 0 bridgehead atoms. The average Bonchev–Trinajstić information content (AvgIpc) is 2.75. The molecule has 1 unspecified atom stereocenters. The van der Waals surface area contributed by atoms with Crippen molar-refractivity contribution in [2.75, 3.05) is 10.6 Å². The van der Waals surface area contributed by atoms with Crippen molar-refractivity contribution < 1.29 is 4.79 Å². The number of nitrogens with one attached hydrogen (secondary N) is 2. The minimum Gasteiger partial charge on any atom is -0.367 e. The minimum absolute atomic E-state index is 0.0378. The number of carbonyl (C=O) groups is 1. The Balaban J connectivity index is 2.06. The van der Waals surface area contributed by atoms with Gasteiger partial charge in [0.15, 0.2) is 0 Å². The Morgan fingerprint density at radius 1 is 1.19 bits per heavy atom. The first kappa shape index (κ1) is 13.4. The van der Waals surface area contributed by atoms with E-state index in [1.165, 1.54) is 5.56 Å². The maximum atomic E-state index is 12.6. The number of benzene rings is 2. The van der Waals surface area contributed by atoms with Gasteiger partial charge in [-0.3, -0.25) is 4.79 Å². The normalized spacial score (nSPS) is 19.8. The molecular formula is C18H18N2O. The molecule has 0 aromatic heterocycles. The van der Waals surface area contributed by atoms with Gasteiger partial charge in [0, 0.05) is 23.4 Å². The van der Waals surface area contributed by atoms with Crippen LogP contribution in [0.15, 0.2) is 61.2 Å². The lowest BCUT2D eigenvalue weighted by molar-refractivity contribution is -0.119. The predicted octanol–water partition coefficient (Wildman–Crippen LogP) is 3.83. The van der Waals surface area contributed by atoms with Gasteiger partial charge in [0.25, 0.3) is 5.91 Å². The van der Waals surface area contributed by atoms with Gasteiger partial charge in [-0.15, -0.1) is 6.58 Å². The lowest BCUT2D eigenvalue weighted by Crippen LogP contribution is -2.41. The summed E-state index contributed by atoms with van der Waals surface area (Å²) in [6, 6.07) is 15.8. The Hall–Kier alpha value is -2.55. The molecule has 1 heterocycles. The first-order valence-corrected chi connectivity index (χ1v) is 7.02. The molecule has 1 atom stereocenters. The number of hydrogen-bond donors (Lipinski definition) is 2. The molecule has 0 spiro atoms. The summed E-state index contributed by atoms with van der Waals surface area (Å²) in [4.78, 5) is 12.6. The topological polar surface area (TPSA) is 41.1 Å². The zero-order chi connectivity index (χ0) is 14.9. The van der Waals surface area contributed by atoms with Crippen LogP contribution in [0.4, 0.5) is 11.4 Å². The molecule has 3 heteroatoms. The molecular weight excluding hydrogens is 260 g/mol. The first-order chi connectivity index (χ1) is 10.2. The molecule has 0 radical (unpaired) electrons. The van der Waals surface area contributed by atoms with Crippen LogP contribution in [0.5, 0.6) is 0 Å². The van der Waals surface area contributed by atoms with Crippen LogP contribution < -0.4 is 10.6 Å². The number of aryl methyl sites for hydroxylation is 1. The van der Waals surface area contributed by atoms with Crippen LogP contribution in [0.3, 0.4) is 0 Å². The molecule has 2 aromatic carbocycles. The van der Waals surface area contributed by atoms with Crippen LogP contribution in [-0.2, 0) is 10.3 Å². The van der Waals surface area contributed by atoms with Crippen LogP contribution in [0.25, 0.3) is 0 Å². The molecule has 2 N–H and O–H groups in total. The van der Waals surface area contributed by atoms with Gasteiger partial charge in [-0.25, -0.2) is 0 Å². The molecule has 3 nitrogen and oxygen atoms in total. The van der Waals surface area contributed by atoms with Crippen molar-refractivity contribution in [3.63, 3.8) is 0 Å². The van der Waals surface area contributed by atoms with Crippen LogP contribution >= 0.6 is 0 Å². The molecule has 1 aliphatic rings. The molecule has 1 aliphatic heterocycles. The van der Waals surface area contributed by atoms with Gasteiger partial charge in [-0.1, -0.05) is 42.0 Å². The van der Waals surface area contributed by atoms with Crippen LogP contribution in [-0.4, -0.2) is 5.91 Å². The zero-order valence-electron chi connectivity index (χ0n) is 12.0. The van der Waals surface area contributed by atoms with E-state index >= 15 is 0 Å². The van der Waals surface area contributed by atoms with Crippen molar-refractivity contribution in [3.8, 4) is 0 Å². The van der Waals surface area contributed by atoms with Crippen molar-refractivity contribution in [2.24, 2.45) is 0 Å². The number of anilines is 2. The summed E-state index contributed by atoms with van der Waals surface area (Å²) >= 11 is 0. The third-order valence-electron chi connectivity index (χ3n) is 3.88. The molecule has 0 saturated heterocycles. The molecule has 0 saturated carbocycles. The Bertz CT molecular complexity index is 691. The Morgan fingerprint density at radius 2 is 1.90 bits per heavy atom. The van der Waals surface area contributed by atoms with Gasteiger partial charge in [-0.2, -0.15) is 0 Å². The molecule has 0 fully saturated rings. The fourth-order valence-electron chi connectivity index (χ4n) is 2.79. The number of amides is 1. The van der Waals surface area contributed by atoms with E-state index in [4.69, 9.17) is 0 Å². The Labute approximate surface area is 124 Å². The standard InChI is InChI=1S/C18H18N2O/c1-3-12-18(20-14-10-8-13(2)9-11-14)15-6-4-5-7-16(15)19-17(18)21/h3-11,20H,1,12H2,2H3,(H,19,21). The lowest BCUT2D eigenvalue weighted by Gasteiger charge is -2.29. The Morgan fingerprint density at radius 3 is 2.62 bits per heavy atom. The highest BCUT2D eigenvalue weighted by atomic mass is 16.2. The SMILES string of the molecule is C=CCC1(Nc2ccc(C)cc2)C(=O)Nc2ccccc21. The quantitative estimate of drug-likeness (QED) is 0.834. The van der Waals surface area contributed by atoms with E-state index in [2.05, 4.69) is 17.2 Å². The third-order valence-corrected chi connectivity index (χ3v) is 3.88. The van der Waals surface area contributed by atoms with Gasteiger partial charge in [-0.05, 0) is 25.1 Å².